The highest BCUT2D eigenvalue weighted by atomic mass is 35.5. The van der Waals surface area contributed by atoms with Gasteiger partial charge in [0.2, 0.25) is 0 Å². The minimum atomic E-state index is -0.685. The number of amides is 1. The Balaban J connectivity index is 1.57. The second-order valence-electron chi connectivity index (χ2n) is 6.29. The fraction of sp³-hybridized carbons (Fsp3) is 0.250. The predicted molar refractivity (Wildman–Crippen MR) is 99.7 cm³/mol. The maximum absolute atomic E-state index is 12.5. The van der Waals surface area contributed by atoms with Gasteiger partial charge in [0, 0.05) is 10.7 Å². The molecule has 0 spiro atoms. The van der Waals surface area contributed by atoms with Gasteiger partial charge in [0.15, 0.2) is 6.61 Å². The van der Waals surface area contributed by atoms with E-state index < -0.39 is 29.9 Å². The number of benzene rings is 2. The molecule has 2 aromatic carbocycles. The van der Waals surface area contributed by atoms with Gasteiger partial charge in [-0.2, -0.15) is 0 Å². The van der Waals surface area contributed by atoms with E-state index in [4.69, 9.17) is 16.3 Å². The SMILES string of the molecule is COC(=O)c1cccc(NC(=O)COC(=O)C2(c3ccc(Cl)cc3)CC2)c1. The van der Waals surface area contributed by atoms with Crippen molar-refractivity contribution in [1.82, 2.24) is 0 Å². The van der Waals surface area contributed by atoms with Gasteiger partial charge in [0.05, 0.1) is 18.1 Å². The van der Waals surface area contributed by atoms with Crippen molar-refractivity contribution >= 4 is 35.1 Å². The Labute approximate surface area is 161 Å². The van der Waals surface area contributed by atoms with Gasteiger partial charge in [-0.15, -0.1) is 0 Å². The van der Waals surface area contributed by atoms with Gasteiger partial charge >= 0.3 is 11.9 Å². The molecule has 0 saturated heterocycles. The summed E-state index contributed by atoms with van der Waals surface area (Å²) in [5.41, 5.74) is 0.878. The Bertz CT molecular complexity index is 874. The monoisotopic (exact) mass is 387 g/mol. The van der Waals surface area contributed by atoms with Crippen LogP contribution in [-0.2, 0) is 24.5 Å². The first-order chi connectivity index (χ1) is 12.9. The molecule has 6 nitrogen and oxygen atoms in total. The average molecular weight is 388 g/mol. The molecule has 0 heterocycles. The van der Waals surface area contributed by atoms with Crippen LogP contribution in [-0.4, -0.2) is 31.6 Å². The lowest BCUT2D eigenvalue weighted by Gasteiger charge is -2.15. The Morgan fingerprint density at radius 1 is 1.11 bits per heavy atom. The third-order valence-electron chi connectivity index (χ3n) is 4.44. The number of ether oxygens (including phenoxy) is 2. The zero-order chi connectivity index (χ0) is 19.4. The second-order valence-corrected chi connectivity index (χ2v) is 6.72. The van der Waals surface area contributed by atoms with Crippen molar-refractivity contribution in [3.05, 3.63) is 64.7 Å². The summed E-state index contributed by atoms with van der Waals surface area (Å²) in [6.45, 7) is -0.406. The highest BCUT2D eigenvalue weighted by Gasteiger charge is 2.52. The lowest BCUT2D eigenvalue weighted by Crippen LogP contribution is -2.28. The van der Waals surface area contributed by atoms with E-state index in [1.54, 1.807) is 42.5 Å². The number of methoxy groups -OCH3 is 1. The van der Waals surface area contributed by atoms with Crippen molar-refractivity contribution in [3.8, 4) is 0 Å². The molecule has 0 unspecified atom stereocenters. The van der Waals surface area contributed by atoms with Crippen molar-refractivity contribution in [2.75, 3.05) is 19.0 Å². The van der Waals surface area contributed by atoms with E-state index in [-0.39, 0.29) is 0 Å². The number of halogens is 1. The zero-order valence-corrected chi connectivity index (χ0v) is 15.4. The number of carbonyl (C=O) groups is 3. The molecule has 2 aromatic rings. The van der Waals surface area contributed by atoms with Crippen LogP contribution in [0.15, 0.2) is 48.5 Å². The molecule has 1 aliphatic rings. The number of esters is 2. The maximum atomic E-state index is 12.5. The zero-order valence-electron chi connectivity index (χ0n) is 14.7. The van der Waals surface area contributed by atoms with Crippen LogP contribution in [0.25, 0.3) is 0 Å². The Morgan fingerprint density at radius 2 is 1.81 bits per heavy atom. The molecule has 0 bridgehead atoms. The molecule has 1 amide bonds. The second kappa shape index (κ2) is 7.80. The number of hydrogen-bond acceptors (Lipinski definition) is 5. The maximum Gasteiger partial charge on any atom is 0.337 e. The molecular formula is C20H18ClNO5. The predicted octanol–water partition coefficient (Wildman–Crippen LogP) is 3.34. The van der Waals surface area contributed by atoms with Crippen molar-refractivity contribution in [2.45, 2.75) is 18.3 Å². The summed E-state index contributed by atoms with van der Waals surface area (Å²) >= 11 is 5.88. The van der Waals surface area contributed by atoms with Crippen molar-refractivity contribution < 1.29 is 23.9 Å². The summed E-state index contributed by atoms with van der Waals surface area (Å²) in [7, 11) is 1.28. The molecule has 0 aliphatic heterocycles. The van der Waals surface area contributed by atoms with Crippen molar-refractivity contribution in [2.24, 2.45) is 0 Å². The van der Waals surface area contributed by atoms with Crippen molar-refractivity contribution in [3.63, 3.8) is 0 Å². The fourth-order valence-corrected chi connectivity index (χ4v) is 2.94. The molecule has 1 saturated carbocycles. The Morgan fingerprint density at radius 3 is 2.44 bits per heavy atom. The summed E-state index contributed by atoms with van der Waals surface area (Å²) in [6, 6.07) is 13.4. The molecule has 0 atom stereocenters. The first-order valence-electron chi connectivity index (χ1n) is 8.36. The number of nitrogens with one attached hydrogen (secondary N) is 1. The quantitative estimate of drug-likeness (QED) is 0.769. The molecule has 1 fully saturated rings. The van der Waals surface area contributed by atoms with Gasteiger partial charge in [-0.05, 0) is 48.7 Å². The van der Waals surface area contributed by atoms with Crippen LogP contribution in [0.3, 0.4) is 0 Å². The molecule has 0 radical (unpaired) electrons. The van der Waals surface area contributed by atoms with Crippen LogP contribution in [0.1, 0.15) is 28.8 Å². The van der Waals surface area contributed by atoms with Crippen LogP contribution >= 0.6 is 11.6 Å². The third-order valence-corrected chi connectivity index (χ3v) is 4.69. The Kier molecular flexibility index (Phi) is 5.46. The third kappa shape index (κ3) is 4.28. The van der Waals surface area contributed by atoms with Gasteiger partial charge in [-0.3, -0.25) is 9.59 Å². The van der Waals surface area contributed by atoms with Gasteiger partial charge in [0.1, 0.15) is 0 Å². The number of hydrogen-bond donors (Lipinski definition) is 1. The topological polar surface area (TPSA) is 81.7 Å². The van der Waals surface area contributed by atoms with Gasteiger partial charge in [-0.1, -0.05) is 29.8 Å². The lowest BCUT2D eigenvalue weighted by atomic mass is 9.96. The van der Waals surface area contributed by atoms with Gasteiger partial charge in [-0.25, -0.2) is 4.79 Å². The normalized spacial score (nSPS) is 14.1. The van der Waals surface area contributed by atoms with Crippen LogP contribution in [0, 0.1) is 0 Å². The van der Waals surface area contributed by atoms with Crippen LogP contribution in [0.2, 0.25) is 5.02 Å². The van der Waals surface area contributed by atoms with E-state index in [0.717, 1.165) is 5.56 Å². The number of carbonyl (C=O) groups excluding carboxylic acids is 3. The smallest absolute Gasteiger partial charge is 0.337 e. The van der Waals surface area contributed by atoms with Crippen LogP contribution < -0.4 is 5.32 Å². The van der Waals surface area contributed by atoms with E-state index in [2.05, 4.69) is 10.1 Å². The van der Waals surface area contributed by atoms with Crippen LogP contribution in [0.5, 0.6) is 0 Å². The number of anilines is 1. The van der Waals surface area contributed by atoms with Gasteiger partial charge in [0.25, 0.3) is 5.91 Å². The first-order valence-corrected chi connectivity index (χ1v) is 8.74. The summed E-state index contributed by atoms with van der Waals surface area (Å²) in [5.74, 6) is -1.42. The number of rotatable bonds is 6. The van der Waals surface area contributed by atoms with Gasteiger partial charge < -0.3 is 14.8 Å². The summed E-state index contributed by atoms with van der Waals surface area (Å²) in [6.07, 6.45) is 1.35. The average Bonchev–Trinajstić information content (AvgIpc) is 3.48. The summed E-state index contributed by atoms with van der Waals surface area (Å²) < 4.78 is 9.85. The van der Waals surface area contributed by atoms with E-state index in [1.807, 2.05) is 0 Å². The minimum absolute atomic E-state index is 0.312. The minimum Gasteiger partial charge on any atom is -0.465 e. The van der Waals surface area contributed by atoms with E-state index in [0.29, 0.717) is 29.1 Å². The molecule has 27 heavy (non-hydrogen) atoms. The van der Waals surface area contributed by atoms with Crippen molar-refractivity contribution in [1.29, 1.82) is 0 Å². The summed E-state index contributed by atoms with van der Waals surface area (Å²) in [4.78, 5) is 36.1. The highest BCUT2D eigenvalue weighted by Crippen LogP contribution is 2.49. The van der Waals surface area contributed by atoms with E-state index >= 15 is 0 Å². The molecule has 7 heteroatoms. The molecule has 0 aromatic heterocycles. The highest BCUT2D eigenvalue weighted by molar-refractivity contribution is 6.30. The largest absolute Gasteiger partial charge is 0.465 e. The first kappa shape index (κ1) is 18.9. The molecule has 1 N–H and O–H groups in total. The Hall–Kier alpha value is -2.86. The molecule has 3 rings (SSSR count). The van der Waals surface area contributed by atoms with Crippen LogP contribution in [0.4, 0.5) is 5.69 Å². The summed E-state index contributed by atoms with van der Waals surface area (Å²) in [5, 5.41) is 3.19. The standard InChI is InChI=1S/C20H18ClNO5/c1-26-18(24)13-3-2-4-16(11-13)22-17(23)12-27-19(25)20(9-10-20)14-5-7-15(21)8-6-14/h2-8,11H,9-10,12H2,1H3,(H,22,23). The fourth-order valence-electron chi connectivity index (χ4n) is 2.81. The lowest BCUT2D eigenvalue weighted by molar-refractivity contribution is -0.150. The molecular weight excluding hydrogens is 370 g/mol. The van der Waals surface area contributed by atoms with E-state index in [1.165, 1.54) is 13.2 Å². The molecule has 140 valence electrons. The molecule has 1 aliphatic carbocycles. The van der Waals surface area contributed by atoms with E-state index in [9.17, 15) is 14.4 Å².